The van der Waals surface area contributed by atoms with E-state index >= 15 is 0 Å². The van der Waals surface area contributed by atoms with Crippen molar-refractivity contribution in [3.63, 3.8) is 0 Å². The van der Waals surface area contributed by atoms with E-state index in [1.54, 1.807) is 24.3 Å². The van der Waals surface area contributed by atoms with Gasteiger partial charge < -0.3 is 4.74 Å². The average Bonchev–Trinajstić information content (AvgIpc) is 3.09. The number of hydrogen-bond donors (Lipinski definition) is 1. The first-order valence-electron chi connectivity index (χ1n) is 7.95. The van der Waals surface area contributed by atoms with Crippen molar-refractivity contribution in [3.05, 3.63) is 54.1 Å². The van der Waals surface area contributed by atoms with Gasteiger partial charge in [0.05, 0.1) is 4.90 Å². The molecule has 27 heavy (non-hydrogen) atoms. The summed E-state index contributed by atoms with van der Waals surface area (Å²) in [5, 5.41) is 2.98. The molecule has 140 valence electrons. The normalized spacial score (nSPS) is 11.2. The zero-order valence-electron chi connectivity index (χ0n) is 14.7. The first kappa shape index (κ1) is 19.0. The molecule has 0 unspecified atom stereocenters. The number of hydrogen-bond acceptors (Lipinski definition) is 7. The number of benzene rings is 2. The van der Waals surface area contributed by atoms with Crippen molar-refractivity contribution in [3.8, 4) is 17.1 Å². The Kier molecular flexibility index (Phi) is 5.52. The maximum Gasteiger partial charge on any atom is 0.264 e. The van der Waals surface area contributed by atoms with Gasteiger partial charge in [0.2, 0.25) is 5.13 Å². The summed E-state index contributed by atoms with van der Waals surface area (Å²) in [4.78, 5) is 16.5. The van der Waals surface area contributed by atoms with Gasteiger partial charge in [-0.1, -0.05) is 17.7 Å². The minimum atomic E-state index is -3.25. The molecule has 0 spiro atoms. The van der Waals surface area contributed by atoms with E-state index in [1.165, 1.54) is 12.1 Å². The zero-order valence-corrected chi connectivity index (χ0v) is 16.3. The predicted octanol–water partition coefficient (Wildman–Crippen LogP) is 2.93. The third-order valence-electron chi connectivity index (χ3n) is 3.60. The number of nitrogens with one attached hydrogen (secondary N) is 1. The van der Waals surface area contributed by atoms with E-state index in [0.717, 1.165) is 23.4 Å². The number of rotatable bonds is 6. The predicted molar refractivity (Wildman–Crippen MR) is 104 cm³/mol. The Hall–Kier alpha value is -2.78. The Morgan fingerprint density at radius 1 is 1.11 bits per heavy atom. The van der Waals surface area contributed by atoms with Crippen LogP contribution in [0.2, 0.25) is 0 Å². The number of aryl methyl sites for hydroxylation is 1. The summed E-state index contributed by atoms with van der Waals surface area (Å²) in [6, 6.07) is 13.7. The van der Waals surface area contributed by atoms with Gasteiger partial charge in [0, 0.05) is 23.4 Å². The number of anilines is 1. The molecule has 1 N–H and O–H groups in total. The highest BCUT2D eigenvalue weighted by molar-refractivity contribution is 7.90. The van der Waals surface area contributed by atoms with E-state index in [2.05, 4.69) is 14.7 Å². The third kappa shape index (κ3) is 5.11. The zero-order chi connectivity index (χ0) is 19.4. The van der Waals surface area contributed by atoms with Crippen molar-refractivity contribution >= 4 is 32.4 Å². The molecule has 3 rings (SSSR count). The highest BCUT2D eigenvalue weighted by Crippen LogP contribution is 2.22. The van der Waals surface area contributed by atoms with Crippen molar-refractivity contribution in [2.45, 2.75) is 11.8 Å². The van der Waals surface area contributed by atoms with E-state index in [9.17, 15) is 13.2 Å². The van der Waals surface area contributed by atoms with Gasteiger partial charge in [0.25, 0.3) is 5.91 Å². The summed E-state index contributed by atoms with van der Waals surface area (Å²) < 4.78 is 32.6. The van der Waals surface area contributed by atoms with Crippen LogP contribution in [0.4, 0.5) is 5.13 Å². The first-order valence-corrected chi connectivity index (χ1v) is 10.6. The van der Waals surface area contributed by atoms with Crippen LogP contribution in [-0.2, 0) is 14.6 Å². The number of carbonyl (C=O) groups excluding carboxylic acids is 1. The topological polar surface area (TPSA) is 98.2 Å². The summed E-state index contributed by atoms with van der Waals surface area (Å²) >= 11 is 1.04. The Bertz CT molecular complexity index is 1040. The van der Waals surface area contributed by atoms with Crippen molar-refractivity contribution < 1.29 is 17.9 Å². The quantitative estimate of drug-likeness (QED) is 0.679. The van der Waals surface area contributed by atoms with Crippen LogP contribution in [0.1, 0.15) is 5.56 Å². The molecule has 0 fully saturated rings. The summed E-state index contributed by atoms with van der Waals surface area (Å²) in [6.45, 7) is 1.83. The van der Waals surface area contributed by atoms with Crippen LogP contribution in [0.25, 0.3) is 11.4 Å². The smallest absolute Gasteiger partial charge is 0.264 e. The van der Waals surface area contributed by atoms with Crippen LogP contribution in [0.3, 0.4) is 0 Å². The number of nitrogens with zero attached hydrogens (tertiary/aromatic N) is 2. The Morgan fingerprint density at radius 3 is 2.41 bits per heavy atom. The summed E-state index contributed by atoms with van der Waals surface area (Å²) in [6.07, 6.45) is 1.15. The minimum absolute atomic E-state index is 0.138. The number of aromatic nitrogens is 2. The summed E-state index contributed by atoms with van der Waals surface area (Å²) in [5.74, 6) is 0.681. The van der Waals surface area contributed by atoms with E-state index in [1.807, 2.05) is 19.1 Å². The van der Waals surface area contributed by atoms with E-state index in [4.69, 9.17) is 4.74 Å². The molecule has 2 aromatic carbocycles. The van der Waals surface area contributed by atoms with Crippen molar-refractivity contribution in [1.82, 2.24) is 9.36 Å². The lowest BCUT2D eigenvalue weighted by molar-refractivity contribution is -0.118. The second-order valence-corrected chi connectivity index (χ2v) is 8.64. The number of sulfone groups is 1. The van der Waals surface area contributed by atoms with E-state index < -0.39 is 9.84 Å². The lowest BCUT2D eigenvalue weighted by Crippen LogP contribution is -2.20. The molecule has 0 aliphatic carbocycles. The Morgan fingerprint density at radius 2 is 1.78 bits per heavy atom. The van der Waals surface area contributed by atoms with Gasteiger partial charge in [-0.05, 0) is 43.3 Å². The molecule has 0 saturated heterocycles. The molecule has 0 saturated carbocycles. The largest absolute Gasteiger partial charge is 0.484 e. The molecule has 1 heterocycles. The monoisotopic (exact) mass is 403 g/mol. The second-order valence-electron chi connectivity index (χ2n) is 5.87. The minimum Gasteiger partial charge on any atom is -0.484 e. The van der Waals surface area contributed by atoms with Gasteiger partial charge in [-0.15, -0.1) is 0 Å². The molecular weight excluding hydrogens is 386 g/mol. The molecule has 0 aliphatic heterocycles. The van der Waals surface area contributed by atoms with Crippen LogP contribution < -0.4 is 10.1 Å². The molecule has 1 aromatic heterocycles. The SMILES string of the molecule is Cc1ccc(OCC(=O)Nc2nc(-c3ccc(S(C)(=O)=O)cc3)ns2)cc1. The van der Waals surface area contributed by atoms with Crippen LogP contribution >= 0.6 is 11.5 Å². The lowest BCUT2D eigenvalue weighted by Gasteiger charge is -2.05. The van der Waals surface area contributed by atoms with Crippen molar-refractivity contribution in [2.24, 2.45) is 0 Å². The molecule has 0 bridgehead atoms. The maximum atomic E-state index is 12.0. The average molecular weight is 403 g/mol. The van der Waals surface area contributed by atoms with Gasteiger partial charge in [-0.25, -0.2) is 8.42 Å². The second kappa shape index (κ2) is 7.85. The summed E-state index contributed by atoms with van der Waals surface area (Å²) in [5.41, 5.74) is 1.77. The van der Waals surface area contributed by atoms with Crippen LogP contribution in [-0.4, -0.2) is 36.5 Å². The fourth-order valence-electron chi connectivity index (χ4n) is 2.18. The molecule has 7 nitrogen and oxygen atoms in total. The van der Waals surface area contributed by atoms with Crippen molar-refractivity contribution in [1.29, 1.82) is 0 Å². The highest BCUT2D eigenvalue weighted by Gasteiger charge is 2.12. The molecule has 0 atom stereocenters. The van der Waals surface area contributed by atoms with Gasteiger partial charge in [-0.2, -0.15) is 9.36 Å². The van der Waals surface area contributed by atoms with Crippen LogP contribution in [0.15, 0.2) is 53.4 Å². The number of ether oxygens (including phenoxy) is 1. The standard InChI is InChI=1S/C18H17N3O4S2/c1-12-3-7-14(8-4-12)25-11-16(22)19-18-20-17(21-26-18)13-5-9-15(10-6-13)27(2,23)24/h3-10H,11H2,1-2H3,(H,19,20,21,22). The maximum absolute atomic E-state index is 12.0. The molecule has 1 amide bonds. The number of carbonyl (C=O) groups is 1. The molecule has 9 heteroatoms. The fourth-order valence-corrected chi connectivity index (χ4v) is 3.42. The van der Waals surface area contributed by atoms with Crippen molar-refractivity contribution in [2.75, 3.05) is 18.2 Å². The third-order valence-corrected chi connectivity index (χ3v) is 5.36. The van der Waals surface area contributed by atoms with Gasteiger partial charge in [0.15, 0.2) is 22.3 Å². The number of amides is 1. The van der Waals surface area contributed by atoms with E-state index in [0.29, 0.717) is 22.3 Å². The molecule has 3 aromatic rings. The van der Waals surface area contributed by atoms with Gasteiger partial charge in [0.1, 0.15) is 5.75 Å². The Balaban J connectivity index is 1.60. The highest BCUT2D eigenvalue weighted by atomic mass is 32.2. The summed E-state index contributed by atoms with van der Waals surface area (Å²) in [7, 11) is -3.25. The molecular formula is C18H17N3O4S2. The fraction of sp³-hybridized carbons (Fsp3) is 0.167. The Labute approximate surface area is 161 Å². The lowest BCUT2D eigenvalue weighted by atomic mass is 10.2. The van der Waals surface area contributed by atoms with Gasteiger partial charge >= 0.3 is 0 Å². The van der Waals surface area contributed by atoms with Gasteiger partial charge in [-0.3, -0.25) is 10.1 Å². The molecule has 0 aliphatic rings. The van der Waals surface area contributed by atoms with E-state index in [-0.39, 0.29) is 17.4 Å². The first-order chi connectivity index (χ1) is 12.8. The van der Waals surface area contributed by atoms with Crippen LogP contribution in [0, 0.1) is 6.92 Å². The van der Waals surface area contributed by atoms with Crippen LogP contribution in [0.5, 0.6) is 5.75 Å². The molecule has 0 radical (unpaired) electrons.